The fourth-order valence-electron chi connectivity index (χ4n) is 2.65. The quantitative estimate of drug-likeness (QED) is 0.632. The summed E-state index contributed by atoms with van der Waals surface area (Å²) in [7, 11) is 0. The number of aliphatic hydroxyl groups is 1. The first-order valence-electron chi connectivity index (χ1n) is 6.72. The lowest BCUT2D eigenvalue weighted by Crippen LogP contribution is -2.44. The predicted molar refractivity (Wildman–Crippen MR) is 67.8 cm³/mol. The molecule has 0 aromatic heterocycles. The summed E-state index contributed by atoms with van der Waals surface area (Å²) in [6.07, 6.45) is 0.843. The summed E-state index contributed by atoms with van der Waals surface area (Å²) in [5.41, 5.74) is 0. The van der Waals surface area contributed by atoms with Crippen LogP contribution in [0.4, 0.5) is 4.79 Å². The summed E-state index contributed by atoms with van der Waals surface area (Å²) >= 11 is 0. The van der Waals surface area contributed by atoms with Gasteiger partial charge in [0, 0.05) is 26.2 Å². The van der Waals surface area contributed by atoms with E-state index in [4.69, 9.17) is 5.11 Å². The molecule has 7 nitrogen and oxygen atoms in total. The van der Waals surface area contributed by atoms with E-state index in [9.17, 15) is 14.7 Å². The van der Waals surface area contributed by atoms with Crippen LogP contribution in [0.2, 0.25) is 0 Å². The predicted octanol–water partition coefficient (Wildman–Crippen LogP) is -0.688. The van der Waals surface area contributed by atoms with E-state index in [1.54, 1.807) is 4.90 Å². The maximum atomic E-state index is 12.1. The molecule has 0 bridgehead atoms. The van der Waals surface area contributed by atoms with Crippen LogP contribution in [0, 0.1) is 0 Å². The van der Waals surface area contributed by atoms with Gasteiger partial charge in [0.15, 0.2) is 0 Å². The summed E-state index contributed by atoms with van der Waals surface area (Å²) in [5, 5.41) is 20.5. The second kappa shape index (κ2) is 6.21. The summed E-state index contributed by atoms with van der Waals surface area (Å²) in [4.78, 5) is 26.4. The van der Waals surface area contributed by atoms with Crippen LogP contribution in [0.15, 0.2) is 0 Å². The molecule has 7 heteroatoms. The van der Waals surface area contributed by atoms with Crippen LogP contribution in [0.3, 0.4) is 0 Å². The molecule has 0 unspecified atom stereocenters. The van der Waals surface area contributed by atoms with Crippen molar-refractivity contribution < 1.29 is 19.8 Å². The van der Waals surface area contributed by atoms with Gasteiger partial charge in [-0.05, 0) is 19.3 Å². The number of piperidine rings is 1. The van der Waals surface area contributed by atoms with E-state index in [-0.39, 0.29) is 18.1 Å². The van der Waals surface area contributed by atoms with Crippen molar-refractivity contribution in [1.29, 1.82) is 0 Å². The van der Waals surface area contributed by atoms with Gasteiger partial charge in [-0.15, -0.1) is 0 Å². The fourth-order valence-corrected chi connectivity index (χ4v) is 2.65. The molecule has 2 rings (SSSR count). The Kier molecular flexibility index (Phi) is 4.60. The average Bonchev–Trinajstić information content (AvgIpc) is 2.80. The number of hydrogen-bond acceptors (Lipinski definition) is 4. The van der Waals surface area contributed by atoms with Crippen LogP contribution in [0.5, 0.6) is 0 Å². The van der Waals surface area contributed by atoms with Gasteiger partial charge in [0.2, 0.25) is 5.91 Å². The van der Waals surface area contributed by atoms with Crippen molar-refractivity contribution in [3.63, 3.8) is 0 Å². The van der Waals surface area contributed by atoms with Gasteiger partial charge in [0.25, 0.3) is 0 Å². The lowest BCUT2D eigenvalue weighted by Gasteiger charge is -2.30. The number of amides is 2. The van der Waals surface area contributed by atoms with Crippen LogP contribution in [-0.4, -0.2) is 76.9 Å². The van der Waals surface area contributed by atoms with Crippen molar-refractivity contribution in [1.82, 2.24) is 15.1 Å². The summed E-state index contributed by atoms with van der Waals surface area (Å²) in [6, 6.07) is -0.148. The molecule has 0 saturated carbocycles. The molecule has 108 valence electrons. The maximum absolute atomic E-state index is 12.1. The van der Waals surface area contributed by atoms with Crippen molar-refractivity contribution in [3.05, 3.63) is 0 Å². The van der Waals surface area contributed by atoms with E-state index in [1.165, 1.54) is 0 Å². The Bertz CT molecular complexity index is 342. The van der Waals surface area contributed by atoms with Crippen molar-refractivity contribution >= 4 is 12.0 Å². The zero-order valence-corrected chi connectivity index (χ0v) is 10.9. The van der Waals surface area contributed by atoms with E-state index in [0.29, 0.717) is 26.1 Å². The number of carboxylic acid groups (broad SMARTS) is 1. The first-order chi connectivity index (χ1) is 9.04. The van der Waals surface area contributed by atoms with Gasteiger partial charge in [-0.25, -0.2) is 4.79 Å². The zero-order chi connectivity index (χ0) is 13.8. The number of hydrogen-bond donors (Lipinski definition) is 3. The van der Waals surface area contributed by atoms with E-state index in [0.717, 1.165) is 25.9 Å². The normalized spacial score (nSPS) is 25.5. The van der Waals surface area contributed by atoms with Crippen LogP contribution in [0.1, 0.15) is 19.3 Å². The Morgan fingerprint density at radius 2 is 1.84 bits per heavy atom. The van der Waals surface area contributed by atoms with Crippen LogP contribution in [-0.2, 0) is 4.79 Å². The fraction of sp³-hybridized carbons (Fsp3) is 0.833. The van der Waals surface area contributed by atoms with Crippen molar-refractivity contribution in [2.75, 3.05) is 32.7 Å². The Balaban J connectivity index is 1.73. The van der Waals surface area contributed by atoms with Gasteiger partial charge in [0.05, 0.1) is 18.7 Å². The van der Waals surface area contributed by atoms with Crippen molar-refractivity contribution in [3.8, 4) is 0 Å². The largest absolute Gasteiger partial charge is 0.465 e. The molecule has 1 atom stereocenters. The Morgan fingerprint density at radius 3 is 2.47 bits per heavy atom. The number of carbonyl (C=O) groups is 2. The molecule has 2 aliphatic heterocycles. The second-order valence-electron chi connectivity index (χ2n) is 5.28. The molecule has 0 spiro atoms. The highest BCUT2D eigenvalue weighted by Gasteiger charge is 2.28. The van der Waals surface area contributed by atoms with E-state index in [1.807, 2.05) is 4.90 Å². The summed E-state index contributed by atoms with van der Waals surface area (Å²) < 4.78 is 0. The molecule has 2 aliphatic rings. The maximum Gasteiger partial charge on any atom is 0.404 e. The van der Waals surface area contributed by atoms with Crippen LogP contribution < -0.4 is 5.32 Å². The van der Waals surface area contributed by atoms with Gasteiger partial charge in [-0.1, -0.05) is 0 Å². The van der Waals surface area contributed by atoms with Gasteiger partial charge in [0.1, 0.15) is 0 Å². The third-order valence-electron chi connectivity index (χ3n) is 3.78. The van der Waals surface area contributed by atoms with Crippen LogP contribution in [0.25, 0.3) is 0 Å². The van der Waals surface area contributed by atoms with E-state index < -0.39 is 6.09 Å². The highest BCUT2D eigenvalue weighted by Crippen LogP contribution is 2.13. The standard InChI is InChI=1S/C12H21N3O4/c16-10-2-4-14(5-3-10)8-11(17)15-6-1-9(7-15)13-12(18)19/h9-10,13,16H,1-8H2,(H,18,19)/t9-/m1/s1. The molecule has 2 fully saturated rings. The third kappa shape index (κ3) is 4.07. The number of likely N-dealkylation sites (tertiary alicyclic amines) is 2. The third-order valence-corrected chi connectivity index (χ3v) is 3.78. The van der Waals surface area contributed by atoms with E-state index in [2.05, 4.69) is 5.32 Å². The molecular formula is C12H21N3O4. The number of nitrogens with one attached hydrogen (secondary N) is 1. The van der Waals surface area contributed by atoms with Gasteiger partial charge >= 0.3 is 6.09 Å². The molecule has 2 heterocycles. The number of carbonyl (C=O) groups excluding carboxylic acids is 1. The summed E-state index contributed by atoms with van der Waals surface area (Å²) in [6.45, 7) is 2.93. The molecule has 3 N–H and O–H groups in total. The SMILES string of the molecule is O=C(O)N[C@@H]1CCN(C(=O)CN2CCC(O)CC2)C1. The Hall–Kier alpha value is -1.34. The number of nitrogens with zero attached hydrogens (tertiary/aromatic N) is 2. The molecule has 0 aliphatic carbocycles. The molecular weight excluding hydrogens is 250 g/mol. The molecule has 0 radical (unpaired) electrons. The minimum Gasteiger partial charge on any atom is -0.465 e. The van der Waals surface area contributed by atoms with E-state index >= 15 is 0 Å². The Morgan fingerprint density at radius 1 is 1.16 bits per heavy atom. The zero-order valence-electron chi connectivity index (χ0n) is 10.9. The molecule has 0 aromatic rings. The van der Waals surface area contributed by atoms with Gasteiger partial charge in [-0.2, -0.15) is 0 Å². The molecule has 2 saturated heterocycles. The summed E-state index contributed by atoms with van der Waals surface area (Å²) in [5.74, 6) is 0.0473. The highest BCUT2D eigenvalue weighted by molar-refractivity contribution is 5.78. The van der Waals surface area contributed by atoms with Crippen LogP contribution >= 0.6 is 0 Å². The highest BCUT2D eigenvalue weighted by atomic mass is 16.4. The molecule has 19 heavy (non-hydrogen) atoms. The first-order valence-corrected chi connectivity index (χ1v) is 6.72. The first kappa shape index (κ1) is 14.1. The van der Waals surface area contributed by atoms with Gasteiger partial charge < -0.3 is 20.4 Å². The van der Waals surface area contributed by atoms with Crippen molar-refractivity contribution in [2.45, 2.75) is 31.4 Å². The lowest BCUT2D eigenvalue weighted by molar-refractivity contribution is -0.132. The minimum absolute atomic E-state index is 0.0473. The smallest absolute Gasteiger partial charge is 0.404 e. The molecule has 2 amide bonds. The molecule has 0 aromatic carbocycles. The minimum atomic E-state index is -1.04. The topological polar surface area (TPSA) is 93.1 Å². The van der Waals surface area contributed by atoms with Gasteiger partial charge in [-0.3, -0.25) is 9.69 Å². The van der Waals surface area contributed by atoms with Crippen molar-refractivity contribution in [2.24, 2.45) is 0 Å². The number of rotatable bonds is 3. The second-order valence-corrected chi connectivity index (χ2v) is 5.28. The monoisotopic (exact) mass is 271 g/mol. The number of aliphatic hydroxyl groups excluding tert-OH is 1. The lowest BCUT2D eigenvalue weighted by atomic mass is 10.1. The Labute approximate surface area is 112 Å². The average molecular weight is 271 g/mol.